The van der Waals surface area contributed by atoms with Gasteiger partial charge in [-0.15, -0.1) is 0 Å². The monoisotopic (exact) mass is 490 g/mol. The zero-order valence-corrected chi connectivity index (χ0v) is 21.4. The van der Waals surface area contributed by atoms with Gasteiger partial charge < -0.3 is 19.3 Å². The molecule has 8 atom stereocenters. The van der Waals surface area contributed by atoms with E-state index in [0.717, 1.165) is 32.1 Å². The summed E-state index contributed by atoms with van der Waals surface area (Å²) >= 11 is 0. The smallest absolute Gasteiger partial charge is 0.303 e. The summed E-state index contributed by atoms with van der Waals surface area (Å²) in [7, 11) is 0. The molecule has 0 radical (unpaired) electrons. The van der Waals surface area contributed by atoms with Crippen LogP contribution in [0, 0.1) is 28.6 Å². The predicted molar refractivity (Wildman–Crippen MR) is 125 cm³/mol. The zero-order chi connectivity index (χ0) is 25.8. The molecule has 8 unspecified atom stereocenters. The van der Waals surface area contributed by atoms with Crippen LogP contribution in [-0.2, 0) is 33.4 Å². The number of ether oxygens (including phenoxy) is 3. The van der Waals surface area contributed by atoms with Crippen molar-refractivity contribution in [3.05, 3.63) is 11.6 Å². The number of carbonyl (C=O) groups excluding carboxylic acids is 4. The van der Waals surface area contributed by atoms with Gasteiger partial charge in [0.05, 0.1) is 0 Å². The molecule has 0 heterocycles. The highest BCUT2D eigenvalue weighted by atomic mass is 16.6. The summed E-state index contributed by atoms with van der Waals surface area (Å²) < 4.78 is 16.0. The quantitative estimate of drug-likeness (QED) is 0.355. The number of rotatable bonds is 5. The van der Waals surface area contributed by atoms with Crippen LogP contribution in [0.3, 0.4) is 0 Å². The first-order chi connectivity index (χ1) is 16.3. The van der Waals surface area contributed by atoms with Gasteiger partial charge in [0.2, 0.25) is 5.78 Å². The fourth-order valence-corrected chi connectivity index (χ4v) is 8.07. The maximum atomic E-state index is 13.3. The lowest BCUT2D eigenvalue weighted by Crippen LogP contribution is -2.61. The molecule has 3 saturated carbocycles. The number of fused-ring (bicyclic) bond motifs is 5. The molecule has 35 heavy (non-hydrogen) atoms. The highest BCUT2D eigenvalue weighted by Crippen LogP contribution is 2.67. The lowest BCUT2D eigenvalue weighted by molar-refractivity contribution is -0.189. The Balaban J connectivity index is 1.65. The molecule has 4 rings (SSSR count). The molecule has 4 aliphatic carbocycles. The largest absolute Gasteiger partial charge is 0.462 e. The molecule has 0 aromatic rings. The van der Waals surface area contributed by atoms with Gasteiger partial charge in [0, 0.05) is 32.6 Å². The number of hydrogen-bond acceptors (Lipinski definition) is 8. The fourth-order valence-electron chi connectivity index (χ4n) is 8.07. The zero-order valence-electron chi connectivity index (χ0n) is 21.4. The van der Waals surface area contributed by atoms with Crippen molar-refractivity contribution in [1.82, 2.24) is 0 Å². The number of allylic oxidation sites excluding steroid dienone is 1. The normalized spacial score (nSPS) is 42.0. The van der Waals surface area contributed by atoms with Crippen LogP contribution in [0.25, 0.3) is 0 Å². The van der Waals surface area contributed by atoms with E-state index in [9.17, 15) is 24.3 Å². The maximum absolute atomic E-state index is 13.3. The van der Waals surface area contributed by atoms with Crippen LogP contribution in [0.2, 0.25) is 0 Å². The number of ketones is 1. The molecule has 4 aliphatic rings. The summed E-state index contributed by atoms with van der Waals surface area (Å²) in [6.07, 6.45) is 6.36. The van der Waals surface area contributed by atoms with E-state index in [1.807, 2.05) is 6.92 Å². The van der Waals surface area contributed by atoms with E-state index in [0.29, 0.717) is 18.8 Å². The van der Waals surface area contributed by atoms with Gasteiger partial charge in [-0.05, 0) is 61.7 Å². The van der Waals surface area contributed by atoms with Crippen molar-refractivity contribution in [3.63, 3.8) is 0 Å². The molecule has 8 heteroatoms. The first-order valence-electron chi connectivity index (χ1n) is 12.8. The van der Waals surface area contributed by atoms with Gasteiger partial charge in [0.25, 0.3) is 0 Å². The Morgan fingerprint density at radius 2 is 1.66 bits per heavy atom. The average molecular weight is 491 g/mol. The van der Waals surface area contributed by atoms with Crippen LogP contribution in [0.1, 0.15) is 79.6 Å². The third-order valence-corrected chi connectivity index (χ3v) is 9.73. The minimum absolute atomic E-state index is 0.0275. The molecule has 3 fully saturated rings. The van der Waals surface area contributed by atoms with Crippen molar-refractivity contribution in [1.29, 1.82) is 0 Å². The highest BCUT2D eigenvalue weighted by Gasteiger charge is 2.71. The summed E-state index contributed by atoms with van der Waals surface area (Å²) in [6, 6.07) is 0. The topological polar surface area (TPSA) is 116 Å². The van der Waals surface area contributed by atoms with E-state index in [2.05, 4.69) is 13.0 Å². The number of hydrogen-bond donors (Lipinski definition) is 1. The van der Waals surface area contributed by atoms with E-state index in [-0.39, 0.29) is 29.3 Å². The van der Waals surface area contributed by atoms with Crippen LogP contribution in [0.15, 0.2) is 11.6 Å². The van der Waals surface area contributed by atoms with E-state index >= 15 is 0 Å². The Morgan fingerprint density at radius 3 is 2.29 bits per heavy atom. The Kier molecular flexibility index (Phi) is 6.66. The van der Waals surface area contributed by atoms with Gasteiger partial charge in [-0.3, -0.25) is 19.2 Å². The van der Waals surface area contributed by atoms with Gasteiger partial charge in [0.1, 0.15) is 12.2 Å². The molecular weight excluding hydrogens is 452 g/mol. The lowest BCUT2D eigenvalue weighted by Gasteiger charge is -2.58. The predicted octanol–water partition coefficient (Wildman–Crippen LogP) is 3.29. The summed E-state index contributed by atoms with van der Waals surface area (Å²) in [5.41, 5.74) is -1.40. The third-order valence-electron chi connectivity index (χ3n) is 9.73. The SMILES string of the molecule is CC(=O)OCC(=O)C1(O)C(OC(C)=O)CC2C3CC=C4CC(OC(C)=O)CCC4(C)C3CCC21C. The van der Waals surface area contributed by atoms with E-state index in [1.54, 1.807) is 0 Å². The van der Waals surface area contributed by atoms with Crippen LogP contribution >= 0.6 is 0 Å². The fraction of sp³-hybridized carbons (Fsp3) is 0.778. The molecule has 194 valence electrons. The van der Waals surface area contributed by atoms with Gasteiger partial charge in [-0.1, -0.05) is 25.5 Å². The number of esters is 3. The third kappa shape index (κ3) is 4.11. The van der Waals surface area contributed by atoms with Crippen molar-refractivity contribution in [2.75, 3.05) is 6.61 Å². The summed E-state index contributed by atoms with van der Waals surface area (Å²) in [4.78, 5) is 48.1. The molecule has 0 aromatic heterocycles. The Bertz CT molecular complexity index is 955. The summed E-state index contributed by atoms with van der Waals surface area (Å²) in [6.45, 7) is 7.64. The van der Waals surface area contributed by atoms with Crippen LogP contribution in [0.4, 0.5) is 0 Å². The number of aliphatic hydroxyl groups is 1. The molecule has 1 N–H and O–H groups in total. The lowest BCUT2D eigenvalue weighted by atomic mass is 9.46. The van der Waals surface area contributed by atoms with Gasteiger partial charge in [-0.2, -0.15) is 0 Å². The summed E-state index contributed by atoms with van der Waals surface area (Å²) in [5.74, 6) is -1.45. The summed E-state index contributed by atoms with van der Waals surface area (Å²) in [5, 5.41) is 12.0. The molecule has 0 aromatic carbocycles. The maximum Gasteiger partial charge on any atom is 0.303 e. The van der Waals surface area contributed by atoms with Crippen molar-refractivity contribution < 1.29 is 38.5 Å². The van der Waals surface area contributed by atoms with Crippen molar-refractivity contribution >= 4 is 23.7 Å². The Morgan fingerprint density at radius 1 is 0.971 bits per heavy atom. The molecule has 0 spiro atoms. The molecule has 0 saturated heterocycles. The second-order valence-corrected chi connectivity index (χ2v) is 11.5. The van der Waals surface area contributed by atoms with Gasteiger partial charge in [0.15, 0.2) is 12.2 Å². The Labute approximate surface area is 206 Å². The standard InChI is InChI=1S/C27H38O8/c1-15(28)33-14-23(31)27(32)24(35-17(3)30)13-22-20-7-6-18-12-19(34-16(2)29)8-10-25(18,4)21(20)9-11-26(22,27)5/h6,19-22,24,32H,7-14H2,1-5H3. The second-order valence-electron chi connectivity index (χ2n) is 11.5. The van der Waals surface area contributed by atoms with Crippen LogP contribution in [-0.4, -0.2) is 53.2 Å². The minimum atomic E-state index is -1.92. The van der Waals surface area contributed by atoms with Crippen LogP contribution < -0.4 is 0 Å². The molecule has 0 amide bonds. The van der Waals surface area contributed by atoms with E-state index in [1.165, 1.54) is 26.3 Å². The first kappa shape index (κ1) is 25.9. The van der Waals surface area contributed by atoms with Gasteiger partial charge >= 0.3 is 17.9 Å². The number of carbonyl (C=O) groups is 4. The van der Waals surface area contributed by atoms with E-state index < -0.39 is 41.4 Å². The van der Waals surface area contributed by atoms with Crippen LogP contribution in [0.5, 0.6) is 0 Å². The molecular formula is C27H38O8. The minimum Gasteiger partial charge on any atom is -0.462 e. The van der Waals surface area contributed by atoms with Gasteiger partial charge in [-0.25, -0.2) is 0 Å². The first-order valence-corrected chi connectivity index (χ1v) is 12.8. The average Bonchev–Trinajstić information content (AvgIpc) is 2.99. The second kappa shape index (κ2) is 9.02. The van der Waals surface area contributed by atoms with Crippen molar-refractivity contribution in [2.45, 2.75) is 97.4 Å². The van der Waals surface area contributed by atoms with Crippen molar-refractivity contribution in [3.8, 4) is 0 Å². The Hall–Kier alpha value is -2.22. The van der Waals surface area contributed by atoms with E-state index in [4.69, 9.17) is 14.2 Å². The highest BCUT2D eigenvalue weighted by molar-refractivity contribution is 5.92. The number of Topliss-reactive ketones (excluding diaryl/α,β-unsaturated/α-hetero) is 1. The molecule has 0 aliphatic heterocycles. The molecule has 8 nitrogen and oxygen atoms in total. The molecule has 0 bridgehead atoms. The van der Waals surface area contributed by atoms with Crippen molar-refractivity contribution in [2.24, 2.45) is 28.6 Å².